The van der Waals surface area contributed by atoms with Crippen LogP contribution in [-0.4, -0.2) is 12.5 Å². The second-order valence-corrected chi connectivity index (χ2v) is 6.46. The van der Waals surface area contributed by atoms with Crippen LogP contribution in [0.2, 0.25) is 0 Å². The molecule has 2 nitrogen and oxygen atoms in total. The van der Waals surface area contributed by atoms with Gasteiger partial charge in [-0.25, -0.2) is 4.39 Å². The minimum atomic E-state index is -0.305. The fourth-order valence-electron chi connectivity index (χ4n) is 2.50. The smallest absolute Gasteiger partial charge is 0.246 e. The number of carbonyl (C=O) groups is 1. The monoisotopic (exact) mass is 325 g/mol. The predicted octanol–water partition coefficient (Wildman–Crippen LogP) is 4.98. The molecule has 0 saturated heterocycles. The van der Waals surface area contributed by atoms with Gasteiger partial charge in [0.1, 0.15) is 5.82 Å². The van der Waals surface area contributed by atoms with Gasteiger partial charge < -0.3 is 5.32 Å². The molecular weight excluding hydrogens is 301 g/mol. The van der Waals surface area contributed by atoms with E-state index in [4.69, 9.17) is 0 Å². The van der Waals surface area contributed by atoms with Crippen molar-refractivity contribution in [1.82, 2.24) is 5.32 Å². The van der Waals surface area contributed by atoms with Gasteiger partial charge in [-0.05, 0) is 60.2 Å². The summed E-state index contributed by atoms with van der Waals surface area (Å²) < 4.78 is 14.1. The highest BCUT2D eigenvalue weighted by molar-refractivity contribution is 5.97. The summed E-state index contributed by atoms with van der Waals surface area (Å²) in [5.41, 5.74) is 4.07. The molecule has 0 aliphatic rings. The van der Waals surface area contributed by atoms with Crippen molar-refractivity contribution in [2.45, 2.75) is 27.7 Å². The lowest BCUT2D eigenvalue weighted by Gasteiger charge is -2.12. The maximum Gasteiger partial charge on any atom is 0.246 e. The SMILES string of the molecule is C/C(=C\c1cc(F)cc(-c2ccccc2)c1C)C(=O)NCC(C)C. The highest BCUT2D eigenvalue weighted by atomic mass is 19.1. The minimum Gasteiger partial charge on any atom is -0.352 e. The number of carbonyl (C=O) groups excluding carboxylic acids is 1. The van der Waals surface area contributed by atoms with Crippen LogP contribution in [0.4, 0.5) is 4.39 Å². The van der Waals surface area contributed by atoms with E-state index in [2.05, 4.69) is 5.32 Å². The fourth-order valence-corrected chi connectivity index (χ4v) is 2.50. The van der Waals surface area contributed by atoms with Gasteiger partial charge in [0.2, 0.25) is 5.91 Å². The van der Waals surface area contributed by atoms with Crippen molar-refractivity contribution in [1.29, 1.82) is 0 Å². The lowest BCUT2D eigenvalue weighted by molar-refractivity contribution is -0.117. The van der Waals surface area contributed by atoms with Gasteiger partial charge in [0.15, 0.2) is 0 Å². The van der Waals surface area contributed by atoms with Crippen molar-refractivity contribution in [2.24, 2.45) is 5.92 Å². The molecule has 24 heavy (non-hydrogen) atoms. The van der Waals surface area contributed by atoms with Gasteiger partial charge in [-0.15, -0.1) is 0 Å². The van der Waals surface area contributed by atoms with Crippen LogP contribution in [0.1, 0.15) is 31.9 Å². The number of halogens is 1. The minimum absolute atomic E-state index is 0.117. The predicted molar refractivity (Wildman–Crippen MR) is 98.1 cm³/mol. The Hall–Kier alpha value is -2.42. The Labute approximate surface area is 143 Å². The Morgan fingerprint density at radius 1 is 1.21 bits per heavy atom. The third-order valence-electron chi connectivity index (χ3n) is 3.90. The Morgan fingerprint density at radius 2 is 1.88 bits per heavy atom. The van der Waals surface area contributed by atoms with E-state index in [1.165, 1.54) is 12.1 Å². The quantitative estimate of drug-likeness (QED) is 0.772. The number of hydrogen-bond donors (Lipinski definition) is 1. The number of nitrogens with one attached hydrogen (secondary N) is 1. The summed E-state index contributed by atoms with van der Waals surface area (Å²) in [4.78, 5) is 12.1. The zero-order valence-corrected chi connectivity index (χ0v) is 14.7. The molecule has 2 rings (SSSR count). The van der Waals surface area contributed by atoms with Gasteiger partial charge in [-0.1, -0.05) is 44.2 Å². The standard InChI is InChI=1S/C21H24FNO/c1-14(2)13-23-21(24)15(3)10-18-11-19(22)12-20(16(18)4)17-8-6-5-7-9-17/h5-12,14H,13H2,1-4H3,(H,23,24)/b15-10+. The molecule has 0 aliphatic carbocycles. The molecule has 0 atom stereocenters. The van der Waals surface area contributed by atoms with Gasteiger partial charge in [-0.3, -0.25) is 4.79 Å². The Bertz CT molecular complexity index is 748. The summed E-state index contributed by atoms with van der Waals surface area (Å²) in [6.07, 6.45) is 1.75. The van der Waals surface area contributed by atoms with Crippen LogP contribution in [0.15, 0.2) is 48.0 Å². The molecule has 2 aromatic rings. The van der Waals surface area contributed by atoms with Gasteiger partial charge in [0.25, 0.3) is 0 Å². The van der Waals surface area contributed by atoms with E-state index < -0.39 is 0 Å². The topological polar surface area (TPSA) is 29.1 Å². The zero-order chi connectivity index (χ0) is 17.7. The Morgan fingerprint density at radius 3 is 2.50 bits per heavy atom. The van der Waals surface area contributed by atoms with Crippen LogP contribution in [0.25, 0.3) is 17.2 Å². The number of amides is 1. The van der Waals surface area contributed by atoms with E-state index >= 15 is 0 Å². The molecule has 3 heteroatoms. The largest absolute Gasteiger partial charge is 0.352 e. The van der Waals surface area contributed by atoms with Crippen LogP contribution in [0.3, 0.4) is 0 Å². The van der Waals surface area contributed by atoms with Crippen molar-refractivity contribution in [3.05, 3.63) is 65.0 Å². The first-order valence-electron chi connectivity index (χ1n) is 8.20. The molecule has 0 spiro atoms. The van der Waals surface area contributed by atoms with Crippen molar-refractivity contribution >= 4 is 12.0 Å². The van der Waals surface area contributed by atoms with E-state index in [-0.39, 0.29) is 11.7 Å². The Kier molecular flexibility index (Phi) is 5.91. The molecule has 0 radical (unpaired) electrons. The molecule has 1 amide bonds. The van der Waals surface area contributed by atoms with E-state index in [1.54, 1.807) is 13.0 Å². The highest BCUT2D eigenvalue weighted by Gasteiger charge is 2.10. The normalized spacial score (nSPS) is 11.7. The van der Waals surface area contributed by atoms with Crippen LogP contribution in [0.5, 0.6) is 0 Å². The van der Waals surface area contributed by atoms with E-state index in [0.717, 1.165) is 22.3 Å². The van der Waals surface area contributed by atoms with Crippen molar-refractivity contribution in [2.75, 3.05) is 6.54 Å². The summed E-state index contributed by atoms with van der Waals surface area (Å²) >= 11 is 0. The van der Waals surface area contributed by atoms with Gasteiger partial charge >= 0.3 is 0 Å². The molecule has 0 heterocycles. The lowest BCUT2D eigenvalue weighted by Crippen LogP contribution is -2.27. The number of benzene rings is 2. The van der Waals surface area contributed by atoms with Crippen LogP contribution < -0.4 is 5.32 Å². The summed E-state index contributed by atoms with van der Waals surface area (Å²) in [6, 6.07) is 12.7. The third-order valence-corrected chi connectivity index (χ3v) is 3.90. The number of rotatable bonds is 5. The molecule has 0 aromatic heterocycles. The molecular formula is C21H24FNO. The van der Waals surface area contributed by atoms with Gasteiger partial charge in [-0.2, -0.15) is 0 Å². The average molecular weight is 325 g/mol. The second-order valence-electron chi connectivity index (χ2n) is 6.46. The van der Waals surface area contributed by atoms with E-state index in [0.29, 0.717) is 18.0 Å². The molecule has 0 saturated carbocycles. The van der Waals surface area contributed by atoms with Crippen LogP contribution in [0, 0.1) is 18.7 Å². The zero-order valence-electron chi connectivity index (χ0n) is 14.7. The molecule has 0 unspecified atom stereocenters. The van der Waals surface area contributed by atoms with E-state index in [9.17, 15) is 9.18 Å². The van der Waals surface area contributed by atoms with Gasteiger partial charge in [0, 0.05) is 12.1 Å². The second kappa shape index (κ2) is 7.91. The van der Waals surface area contributed by atoms with Gasteiger partial charge in [0.05, 0.1) is 0 Å². The summed E-state index contributed by atoms with van der Waals surface area (Å²) in [6.45, 7) is 8.42. The first-order chi connectivity index (χ1) is 11.4. The molecule has 126 valence electrons. The van der Waals surface area contributed by atoms with Crippen molar-refractivity contribution in [3.8, 4) is 11.1 Å². The molecule has 1 N–H and O–H groups in total. The molecule has 2 aromatic carbocycles. The van der Waals surface area contributed by atoms with Crippen LogP contribution >= 0.6 is 0 Å². The van der Waals surface area contributed by atoms with Crippen molar-refractivity contribution in [3.63, 3.8) is 0 Å². The maximum atomic E-state index is 14.1. The fraction of sp³-hybridized carbons (Fsp3) is 0.286. The molecule has 0 aliphatic heterocycles. The highest BCUT2D eigenvalue weighted by Crippen LogP contribution is 2.28. The Balaban J connectivity index is 2.36. The maximum absolute atomic E-state index is 14.1. The summed E-state index contributed by atoms with van der Waals surface area (Å²) in [5.74, 6) is -0.0305. The first kappa shape index (κ1) is 17.9. The summed E-state index contributed by atoms with van der Waals surface area (Å²) in [7, 11) is 0. The summed E-state index contributed by atoms with van der Waals surface area (Å²) in [5, 5.41) is 2.88. The number of hydrogen-bond acceptors (Lipinski definition) is 1. The average Bonchev–Trinajstić information content (AvgIpc) is 2.56. The third kappa shape index (κ3) is 4.54. The van der Waals surface area contributed by atoms with Crippen LogP contribution in [-0.2, 0) is 4.79 Å². The molecule has 0 bridgehead atoms. The lowest BCUT2D eigenvalue weighted by atomic mass is 9.95. The van der Waals surface area contributed by atoms with Crippen molar-refractivity contribution < 1.29 is 9.18 Å². The van der Waals surface area contributed by atoms with E-state index in [1.807, 2.05) is 51.1 Å². The molecule has 0 fully saturated rings. The first-order valence-corrected chi connectivity index (χ1v) is 8.20.